The van der Waals surface area contributed by atoms with Crippen LogP contribution in [0.3, 0.4) is 0 Å². The summed E-state index contributed by atoms with van der Waals surface area (Å²) in [7, 11) is 0. The van der Waals surface area contributed by atoms with Crippen molar-refractivity contribution < 1.29 is 14.3 Å². The highest BCUT2D eigenvalue weighted by atomic mass is 79.9. The number of halogens is 1. The maximum Gasteiger partial charge on any atom is 0.309 e. The van der Waals surface area contributed by atoms with Crippen molar-refractivity contribution in [3.63, 3.8) is 0 Å². The fourth-order valence-electron chi connectivity index (χ4n) is 1.15. The van der Waals surface area contributed by atoms with Crippen LogP contribution in [0.15, 0.2) is 10.7 Å². The van der Waals surface area contributed by atoms with E-state index in [0.717, 1.165) is 10.0 Å². The van der Waals surface area contributed by atoms with Crippen molar-refractivity contribution in [1.82, 2.24) is 4.98 Å². The van der Waals surface area contributed by atoms with Crippen molar-refractivity contribution in [1.29, 1.82) is 0 Å². The zero-order valence-electron chi connectivity index (χ0n) is 9.83. The number of esters is 1. The van der Waals surface area contributed by atoms with E-state index in [1.807, 2.05) is 6.92 Å². The molecule has 0 aliphatic heterocycles. The van der Waals surface area contributed by atoms with Gasteiger partial charge in [-0.3, -0.25) is 4.79 Å². The summed E-state index contributed by atoms with van der Waals surface area (Å²) in [5.41, 5.74) is 7.17. The van der Waals surface area contributed by atoms with Gasteiger partial charge >= 0.3 is 5.97 Å². The van der Waals surface area contributed by atoms with Crippen molar-refractivity contribution in [2.24, 2.45) is 0 Å². The molecule has 0 bridgehead atoms. The van der Waals surface area contributed by atoms with E-state index in [9.17, 15) is 4.79 Å². The Morgan fingerprint density at radius 2 is 2.29 bits per heavy atom. The molecule has 0 saturated carbocycles. The van der Waals surface area contributed by atoms with Gasteiger partial charge in [0, 0.05) is 10.7 Å². The maximum atomic E-state index is 11.1. The van der Waals surface area contributed by atoms with Crippen LogP contribution >= 0.6 is 15.9 Å². The van der Waals surface area contributed by atoms with Crippen LogP contribution in [0.4, 0.5) is 5.69 Å². The number of rotatable bonds is 5. The van der Waals surface area contributed by atoms with E-state index < -0.39 is 0 Å². The Bertz CT molecular complexity index is 410. The normalized spacial score (nSPS) is 10.1. The van der Waals surface area contributed by atoms with Gasteiger partial charge in [0.15, 0.2) is 0 Å². The average Bonchev–Trinajstić information content (AvgIpc) is 2.29. The van der Waals surface area contributed by atoms with E-state index in [1.54, 1.807) is 13.1 Å². The molecule has 5 nitrogen and oxygen atoms in total. The Morgan fingerprint density at radius 1 is 1.59 bits per heavy atom. The Balaban J connectivity index is 2.53. The van der Waals surface area contributed by atoms with E-state index in [-0.39, 0.29) is 19.0 Å². The summed E-state index contributed by atoms with van der Waals surface area (Å²) in [5.74, 6) is 0.0508. The molecule has 17 heavy (non-hydrogen) atoms. The van der Waals surface area contributed by atoms with Crippen molar-refractivity contribution in [3.05, 3.63) is 16.2 Å². The summed E-state index contributed by atoms with van der Waals surface area (Å²) in [5, 5.41) is 0. The Kier molecular flexibility index (Phi) is 5.21. The van der Waals surface area contributed by atoms with Crippen molar-refractivity contribution >= 4 is 27.6 Å². The van der Waals surface area contributed by atoms with Crippen LogP contribution in [-0.4, -0.2) is 24.2 Å². The van der Waals surface area contributed by atoms with Crippen LogP contribution in [0.1, 0.15) is 18.9 Å². The number of nitrogen functional groups attached to an aromatic ring is 1. The molecule has 0 fully saturated rings. The van der Waals surface area contributed by atoms with Crippen molar-refractivity contribution in [3.8, 4) is 5.88 Å². The quantitative estimate of drug-likeness (QED) is 0.843. The lowest BCUT2D eigenvalue weighted by Gasteiger charge is -2.10. The fraction of sp³-hybridized carbons (Fsp3) is 0.455. The van der Waals surface area contributed by atoms with Gasteiger partial charge in [-0.1, -0.05) is 0 Å². The molecule has 0 radical (unpaired) electrons. The van der Waals surface area contributed by atoms with Gasteiger partial charge < -0.3 is 15.2 Å². The predicted molar refractivity (Wildman–Crippen MR) is 67.8 cm³/mol. The molecule has 6 heteroatoms. The highest BCUT2D eigenvalue weighted by Gasteiger charge is 2.09. The second-order valence-electron chi connectivity index (χ2n) is 3.35. The summed E-state index contributed by atoms with van der Waals surface area (Å²) in [6, 6.07) is 0. The molecule has 0 aliphatic rings. The highest BCUT2D eigenvalue weighted by molar-refractivity contribution is 9.10. The minimum absolute atomic E-state index is 0.185. The molecule has 1 rings (SSSR count). The molecule has 0 amide bonds. The summed E-state index contributed by atoms with van der Waals surface area (Å²) < 4.78 is 10.9. The van der Waals surface area contributed by atoms with Crippen LogP contribution in [-0.2, 0) is 9.53 Å². The first-order chi connectivity index (χ1) is 8.06. The second kappa shape index (κ2) is 6.44. The molecular weight excluding hydrogens is 288 g/mol. The molecule has 0 atom stereocenters. The lowest BCUT2D eigenvalue weighted by molar-refractivity contribution is -0.143. The molecule has 1 aromatic rings. The van der Waals surface area contributed by atoms with E-state index >= 15 is 0 Å². The number of hydrogen-bond acceptors (Lipinski definition) is 5. The third kappa shape index (κ3) is 3.89. The number of hydrogen-bond donors (Lipinski definition) is 1. The highest BCUT2D eigenvalue weighted by Crippen LogP contribution is 2.27. The number of anilines is 1. The van der Waals surface area contributed by atoms with E-state index in [4.69, 9.17) is 15.2 Å². The van der Waals surface area contributed by atoms with Gasteiger partial charge in [-0.05, 0) is 35.3 Å². The zero-order chi connectivity index (χ0) is 12.8. The molecule has 0 spiro atoms. The van der Waals surface area contributed by atoms with Crippen LogP contribution in [0.25, 0.3) is 0 Å². The average molecular weight is 303 g/mol. The van der Waals surface area contributed by atoms with Crippen LogP contribution < -0.4 is 10.5 Å². The molecule has 0 saturated heterocycles. The van der Waals surface area contributed by atoms with Gasteiger partial charge in [-0.15, -0.1) is 0 Å². The Hall–Kier alpha value is -1.30. The Morgan fingerprint density at radius 3 is 2.94 bits per heavy atom. The predicted octanol–water partition coefficient (Wildman–Crippen LogP) is 2.07. The Labute approximate surface area is 108 Å². The lowest BCUT2D eigenvalue weighted by Crippen LogP contribution is -2.11. The van der Waals surface area contributed by atoms with E-state index in [1.165, 1.54) is 0 Å². The molecule has 0 aromatic carbocycles. The third-order valence-electron chi connectivity index (χ3n) is 2.14. The number of pyridine rings is 1. The number of carbonyl (C=O) groups excluding carboxylic acids is 1. The molecule has 1 aromatic heterocycles. The number of nitrogens with two attached hydrogens (primary N) is 1. The van der Waals surface area contributed by atoms with Gasteiger partial charge in [0.25, 0.3) is 0 Å². The zero-order valence-corrected chi connectivity index (χ0v) is 11.4. The third-order valence-corrected chi connectivity index (χ3v) is 2.94. The molecule has 0 unspecified atom stereocenters. The number of nitrogens with zero attached hydrogens (tertiary/aromatic N) is 1. The van der Waals surface area contributed by atoms with Crippen molar-refractivity contribution in [2.75, 3.05) is 18.9 Å². The topological polar surface area (TPSA) is 74.4 Å². The summed E-state index contributed by atoms with van der Waals surface area (Å²) in [6.07, 6.45) is 1.80. The van der Waals surface area contributed by atoms with E-state index in [0.29, 0.717) is 18.2 Å². The molecule has 0 aliphatic carbocycles. The SMILES string of the molecule is CCOC(=O)CCOc1ncc(Br)c(C)c1N. The number of ether oxygens (including phenoxy) is 2. The largest absolute Gasteiger partial charge is 0.476 e. The first-order valence-corrected chi connectivity index (χ1v) is 6.04. The van der Waals surface area contributed by atoms with Crippen LogP contribution in [0, 0.1) is 6.92 Å². The summed E-state index contributed by atoms with van der Waals surface area (Å²) in [6.45, 7) is 4.20. The lowest BCUT2D eigenvalue weighted by atomic mass is 10.2. The molecular formula is C11H15BrN2O3. The first-order valence-electron chi connectivity index (χ1n) is 5.25. The van der Waals surface area contributed by atoms with Gasteiger partial charge in [0.2, 0.25) is 5.88 Å². The number of carbonyl (C=O) groups is 1. The van der Waals surface area contributed by atoms with Crippen LogP contribution in [0.2, 0.25) is 0 Å². The van der Waals surface area contributed by atoms with E-state index in [2.05, 4.69) is 20.9 Å². The molecule has 1 heterocycles. The minimum Gasteiger partial charge on any atom is -0.476 e. The van der Waals surface area contributed by atoms with Gasteiger partial charge in [-0.2, -0.15) is 0 Å². The fourth-order valence-corrected chi connectivity index (χ4v) is 1.47. The second-order valence-corrected chi connectivity index (χ2v) is 4.21. The monoisotopic (exact) mass is 302 g/mol. The standard InChI is InChI=1S/C11H15BrN2O3/c1-3-16-9(15)4-5-17-11-10(13)7(2)8(12)6-14-11/h6H,3-5,13H2,1-2H3. The number of aromatic nitrogens is 1. The van der Waals surface area contributed by atoms with Gasteiger partial charge in [-0.25, -0.2) is 4.98 Å². The van der Waals surface area contributed by atoms with Gasteiger partial charge in [0.1, 0.15) is 6.61 Å². The van der Waals surface area contributed by atoms with Crippen LogP contribution in [0.5, 0.6) is 5.88 Å². The summed E-state index contributed by atoms with van der Waals surface area (Å²) >= 11 is 3.32. The maximum absolute atomic E-state index is 11.1. The van der Waals surface area contributed by atoms with Crippen molar-refractivity contribution in [2.45, 2.75) is 20.3 Å². The van der Waals surface area contributed by atoms with Gasteiger partial charge in [0.05, 0.1) is 18.7 Å². The summed E-state index contributed by atoms with van der Waals surface area (Å²) in [4.78, 5) is 15.1. The first kappa shape index (κ1) is 13.8. The molecule has 94 valence electrons. The minimum atomic E-state index is -0.292. The smallest absolute Gasteiger partial charge is 0.309 e. The molecule has 2 N–H and O–H groups in total.